The minimum absolute atomic E-state index is 0.0157. The summed E-state index contributed by atoms with van der Waals surface area (Å²) in [5, 5.41) is 2.21. The molecule has 22 heavy (non-hydrogen) atoms. The predicted molar refractivity (Wildman–Crippen MR) is 87.6 cm³/mol. The first-order valence-electron chi connectivity index (χ1n) is 7.66. The Morgan fingerprint density at radius 1 is 0.955 bits per heavy atom. The number of benzene rings is 2. The summed E-state index contributed by atoms with van der Waals surface area (Å²) in [6, 6.07) is 20.6. The summed E-state index contributed by atoms with van der Waals surface area (Å²) in [6.45, 7) is 3.64. The van der Waals surface area contributed by atoms with Crippen LogP contribution in [0.3, 0.4) is 0 Å². The lowest BCUT2D eigenvalue weighted by Gasteiger charge is -2.31. The molecular formula is C19H21N2O+. The van der Waals surface area contributed by atoms with Gasteiger partial charge in [0.1, 0.15) is 17.7 Å². The molecule has 1 aliphatic rings. The topological polar surface area (TPSA) is 46.0 Å². The van der Waals surface area contributed by atoms with Crippen molar-refractivity contribution in [3.8, 4) is 0 Å². The predicted octanol–water partition coefficient (Wildman–Crippen LogP) is 2.67. The molecule has 1 unspecified atom stereocenters. The maximum Gasteiger partial charge on any atom is 0.206 e. The van der Waals surface area contributed by atoms with Crippen molar-refractivity contribution < 1.29 is 10.1 Å². The van der Waals surface area contributed by atoms with Gasteiger partial charge in [-0.25, -0.2) is 4.99 Å². The number of Topliss-reactive ketones (excluding diaryl/α,β-unsaturated/α-hetero) is 1. The summed E-state index contributed by atoms with van der Waals surface area (Å²) >= 11 is 0. The van der Waals surface area contributed by atoms with Gasteiger partial charge in [-0.3, -0.25) is 4.79 Å². The highest BCUT2D eigenvalue weighted by molar-refractivity contribution is 6.04. The van der Waals surface area contributed by atoms with Crippen molar-refractivity contribution in [2.24, 2.45) is 10.9 Å². The number of nitrogens with two attached hydrogens (primary N) is 1. The van der Waals surface area contributed by atoms with Crippen molar-refractivity contribution >= 4 is 11.5 Å². The van der Waals surface area contributed by atoms with E-state index in [1.54, 1.807) is 6.92 Å². The van der Waals surface area contributed by atoms with E-state index in [2.05, 4.69) is 29.6 Å². The van der Waals surface area contributed by atoms with Crippen LogP contribution in [0.1, 0.15) is 37.2 Å². The van der Waals surface area contributed by atoms with E-state index >= 15 is 0 Å². The third kappa shape index (κ3) is 2.85. The Kier molecular flexibility index (Phi) is 4.16. The third-order valence-corrected chi connectivity index (χ3v) is 4.31. The number of hydrogen-bond donors (Lipinski definition) is 1. The van der Waals surface area contributed by atoms with Gasteiger partial charge in [-0.2, -0.15) is 0 Å². The van der Waals surface area contributed by atoms with E-state index in [-0.39, 0.29) is 23.9 Å². The SMILES string of the molecule is CC(=O)C1C(C)=N[C@@H](c2ccccc2)[NH2+][C@@H]1c1ccccc1. The number of aliphatic imine (C=N–C) groups is 1. The molecule has 2 aromatic carbocycles. The standard InChI is InChI=1S/C19H20N2O/c1-13-17(14(2)22)18(15-9-5-3-6-10-15)21-19(20-13)16-11-7-4-8-12-16/h3-12,17-19,21H,1-2H3/p+1/t17?,18-,19-/m1/s1. The van der Waals surface area contributed by atoms with E-state index in [0.717, 1.165) is 5.71 Å². The summed E-state index contributed by atoms with van der Waals surface area (Å²) in [5.74, 6) is 0.0280. The lowest BCUT2D eigenvalue weighted by atomic mass is 9.84. The molecule has 0 saturated carbocycles. The Morgan fingerprint density at radius 3 is 2.05 bits per heavy atom. The van der Waals surface area contributed by atoms with Crippen molar-refractivity contribution in [1.82, 2.24) is 0 Å². The molecule has 0 spiro atoms. The van der Waals surface area contributed by atoms with Gasteiger partial charge >= 0.3 is 0 Å². The molecule has 2 aromatic rings. The van der Waals surface area contributed by atoms with Crippen molar-refractivity contribution in [2.75, 3.05) is 0 Å². The van der Waals surface area contributed by atoms with Crippen LogP contribution in [0.4, 0.5) is 0 Å². The van der Waals surface area contributed by atoms with E-state index in [9.17, 15) is 4.79 Å². The molecule has 3 atom stereocenters. The fourth-order valence-electron chi connectivity index (χ4n) is 3.27. The number of ketones is 1. The molecule has 0 aromatic heterocycles. The number of quaternary nitrogens is 1. The maximum atomic E-state index is 12.1. The van der Waals surface area contributed by atoms with Gasteiger partial charge in [0.15, 0.2) is 0 Å². The van der Waals surface area contributed by atoms with Crippen LogP contribution in [0.15, 0.2) is 65.7 Å². The van der Waals surface area contributed by atoms with Gasteiger partial charge < -0.3 is 5.32 Å². The van der Waals surface area contributed by atoms with E-state index in [1.165, 1.54) is 11.1 Å². The Labute approximate surface area is 131 Å². The molecule has 0 fully saturated rings. The highest BCUT2D eigenvalue weighted by Crippen LogP contribution is 2.27. The normalized spacial score (nSPS) is 24.6. The Morgan fingerprint density at radius 2 is 1.50 bits per heavy atom. The summed E-state index contributed by atoms with van der Waals surface area (Å²) in [6.07, 6.45) is 0.0157. The number of carbonyl (C=O) groups is 1. The van der Waals surface area contributed by atoms with Crippen LogP contribution in [0.2, 0.25) is 0 Å². The molecule has 0 bridgehead atoms. The molecule has 3 heteroatoms. The van der Waals surface area contributed by atoms with Crippen LogP contribution in [0.5, 0.6) is 0 Å². The molecule has 1 heterocycles. The molecule has 112 valence electrons. The molecule has 0 radical (unpaired) electrons. The summed E-state index contributed by atoms with van der Waals surface area (Å²) < 4.78 is 0. The second-order valence-electron chi connectivity index (χ2n) is 5.84. The average Bonchev–Trinajstić information content (AvgIpc) is 2.55. The quantitative estimate of drug-likeness (QED) is 0.929. The number of rotatable bonds is 3. The minimum atomic E-state index is -0.151. The zero-order valence-electron chi connectivity index (χ0n) is 12.9. The number of nitrogens with zero attached hydrogens (tertiary/aromatic N) is 1. The molecule has 1 aliphatic heterocycles. The van der Waals surface area contributed by atoms with Gasteiger partial charge in [0.05, 0.1) is 0 Å². The number of carbonyl (C=O) groups excluding carboxylic acids is 1. The van der Waals surface area contributed by atoms with Crippen molar-refractivity contribution in [3.05, 3.63) is 71.8 Å². The molecular weight excluding hydrogens is 272 g/mol. The van der Waals surface area contributed by atoms with Crippen LogP contribution >= 0.6 is 0 Å². The highest BCUT2D eigenvalue weighted by Gasteiger charge is 2.38. The fourth-order valence-corrected chi connectivity index (χ4v) is 3.27. The zero-order chi connectivity index (χ0) is 15.5. The molecule has 0 aliphatic carbocycles. The lowest BCUT2D eigenvalue weighted by Crippen LogP contribution is -2.89. The van der Waals surface area contributed by atoms with Crippen molar-refractivity contribution in [3.63, 3.8) is 0 Å². The summed E-state index contributed by atoms with van der Waals surface area (Å²) in [4.78, 5) is 16.9. The zero-order valence-corrected chi connectivity index (χ0v) is 12.9. The Balaban J connectivity index is 2.01. The Hall–Kier alpha value is -2.26. The average molecular weight is 293 g/mol. The third-order valence-electron chi connectivity index (χ3n) is 4.31. The van der Waals surface area contributed by atoms with Crippen LogP contribution in [0.25, 0.3) is 0 Å². The van der Waals surface area contributed by atoms with Gasteiger partial charge in [-0.15, -0.1) is 0 Å². The molecule has 3 rings (SSSR count). The molecule has 3 nitrogen and oxygen atoms in total. The molecule has 2 N–H and O–H groups in total. The highest BCUT2D eigenvalue weighted by atomic mass is 16.1. The van der Waals surface area contributed by atoms with E-state index in [4.69, 9.17) is 4.99 Å². The van der Waals surface area contributed by atoms with Crippen LogP contribution < -0.4 is 5.32 Å². The molecule has 0 amide bonds. The van der Waals surface area contributed by atoms with Gasteiger partial charge in [0, 0.05) is 16.8 Å². The minimum Gasteiger partial charge on any atom is -0.314 e. The first-order chi connectivity index (χ1) is 10.7. The van der Waals surface area contributed by atoms with Crippen molar-refractivity contribution in [2.45, 2.75) is 26.1 Å². The van der Waals surface area contributed by atoms with E-state index < -0.39 is 0 Å². The first kappa shape index (κ1) is 14.7. The van der Waals surface area contributed by atoms with Crippen LogP contribution in [-0.2, 0) is 4.79 Å². The van der Waals surface area contributed by atoms with Gasteiger partial charge in [-0.05, 0) is 13.8 Å². The first-order valence-corrected chi connectivity index (χ1v) is 7.66. The number of hydrogen-bond acceptors (Lipinski definition) is 2. The van der Waals surface area contributed by atoms with Gasteiger partial charge in [0.2, 0.25) is 6.17 Å². The van der Waals surface area contributed by atoms with Crippen molar-refractivity contribution in [1.29, 1.82) is 0 Å². The van der Waals surface area contributed by atoms with E-state index in [1.807, 2.05) is 43.3 Å². The summed E-state index contributed by atoms with van der Waals surface area (Å²) in [7, 11) is 0. The second-order valence-corrected chi connectivity index (χ2v) is 5.84. The van der Waals surface area contributed by atoms with E-state index in [0.29, 0.717) is 0 Å². The fraction of sp³-hybridized carbons (Fsp3) is 0.263. The molecule has 0 saturated heterocycles. The monoisotopic (exact) mass is 293 g/mol. The van der Waals surface area contributed by atoms with Crippen LogP contribution in [-0.4, -0.2) is 11.5 Å². The Bertz CT molecular complexity index is 679. The summed E-state index contributed by atoms with van der Waals surface area (Å²) in [5.41, 5.74) is 3.28. The largest absolute Gasteiger partial charge is 0.314 e. The smallest absolute Gasteiger partial charge is 0.206 e. The van der Waals surface area contributed by atoms with Gasteiger partial charge in [0.25, 0.3) is 0 Å². The maximum absolute atomic E-state index is 12.1. The van der Waals surface area contributed by atoms with Crippen LogP contribution in [0, 0.1) is 5.92 Å². The second kappa shape index (κ2) is 6.24. The van der Waals surface area contributed by atoms with Gasteiger partial charge in [-0.1, -0.05) is 60.7 Å². The lowest BCUT2D eigenvalue weighted by molar-refractivity contribution is -0.738.